The molecule has 0 bridgehead atoms. The number of aromatic nitrogens is 1. The number of nitrogens with zero attached hydrogens (tertiary/aromatic N) is 1. The fraction of sp³-hybridized carbons (Fsp3) is 0.444. The normalized spacial score (nSPS) is 12.1. The van der Waals surface area contributed by atoms with E-state index in [4.69, 9.17) is 10.8 Å². The summed E-state index contributed by atoms with van der Waals surface area (Å²) in [6, 6.07) is -0.864. The number of amides is 1. The van der Waals surface area contributed by atoms with Crippen molar-refractivity contribution in [3.05, 3.63) is 16.6 Å². The number of nitrogens with two attached hydrogens (primary N) is 1. The van der Waals surface area contributed by atoms with Crippen molar-refractivity contribution in [1.82, 2.24) is 10.3 Å². The third-order valence-electron chi connectivity index (χ3n) is 1.92. The standard InChI is InChI=1S/C9H13N3O3S/c10-6(9(14)15)2-1-3-11-7(13)8-12-4-5-16-8/h4-6H,1-3,10H2,(H,11,13)(H,14,15)/t6-/m0/s1. The van der Waals surface area contributed by atoms with Crippen LogP contribution < -0.4 is 11.1 Å². The number of carboxylic acids is 1. The molecule has 1 heterocycles. The SMILES string of the molecule is N[C@@H](CCCNC(=O)c1nccs1)C(=O)O. The zero-order chi connectivity index (χ0) is 12.0. The number of aliphatic carboxylic acids is 1. The van der Waals surface area contributed by atoms with Gasteiger partial charge in [0.25, 0.3) is 5.91 Å². The first-order chi connectivity index (χ1) is 7.61. The van der Waals surface area contributed by atoms with Crippen molar-refractivity contribution in [3.63, 3.8) is 0 Å². The molecule has 0 spiro atoms. The second-order valence-corrected chi connectivity index (χ2v) is 4.07. The van der Waals surface area contributed by atoms with E-state index in [0.717, 1.165) is 0 Å². The lowest BCUT2D eigenvalue weighted by Crippen LogP contribution is -2.32. The van der Waals surface area contributed by atoms with Crippen molar-refractivity contribution < 1.29 is 14.7 Å². The van der Waals surface area contributed by atoms with Gasteiger partial charge in [0.2, 0.25) is 0 Å². The van der Waals surface area contributed by atoms with Gasteiger partial charge in [-0.05, 0) is 12.8 Å². The molecule has 1 atom stereocenters. The van der Waals surface area contributed by atoms with Gasteiger partial charge < -0.3 is 16.2 Å². The fourth-order valence-corrected chi connectivity index (χ4v) is 1.61. The Bertz CT molecular complexity index is 353. The number of hydrogen-bond acceptors (Lipinski definition) is 5. The summed E-state index contributed by atoms with van der Waals surface area (Å²) in [4.78, 5) is 25.6. The van der Waals surface area contributed by atoms with Crippen LogP contribution >= 0.6 is 11.3 Å². The van der Waals surface area contributed by atoms with E-state index in [2.05, 4.69) is 10.3 Å². The van der Waals surface area contributed by atoms with Crippen molar-refractivity contribution in [1.29, 1.82) is 0 Å². The van der Waals surface area contributed by atoms with Crippen molar-refractivity contribution in [2.24, 2.45) is 5.73 Å². The summed E-state index contributed by atoms with van der Waals surface area (Å²) in [6.45, 7) is 0.402. The number of thiazole rings is 1. The van der Waals surface area contributed by atoms with E-state index < -0.39 is 12.0 Å². The monoisotopic (exact) mass is 243 g/mol. The van der Waals surface area contributed by atoms with E-state index in [0.29, 0.717) is 24.4 Å². The summed E-state index contributed by atoms with van der Waals surface area (Å²) in [7, 11) is 0. The fourth-order valence-electron chi connectivity index (χ4n) is 1.06. The highest BCUT2D eigenvalue weighted by Crippen LogP contribution is 2.03. The molecule has 0 aliphatic heterocycles. The van der Waals surface area contributed by atoms with Gasteiger partial charge in [-0.2, -0.15) is 0 Å². The zero-order valence-corrected chi connectivity index (χ0v) is 9.37. The molecule has 0 unspecified atom stereocenters. The summed E-state index contributed by atoms with van der Waals surface area (Å²) < 4.78 is 0. The van der Waals surface area contributed by atoms with E-state index in [-0.39, 0.29) is 5.91 Å². The second kappa shape index (κ2) is 6.19. The molecule has 1 rings (SSSR count). The van der Waals surface area contributed by atoms with Crippen LogP contribution in [-0.4, -0.2) is 34.6 Å². The Morgan fingerprint density at radius 2 is 2.38 bits per heavy atom. The van der Waals surface area contributed by atoms with Gasteiger partial charge in [0.05, 0.1) is 0 Å². The predicted molar refractivity (Wildman–Crippen MR) is 59.3 cm³/mol. The quantitative estimate of drug-likeness (QED) is 0.613. The van der Waals surface area contributed by atoms with Gasteiger partial charge in [-0.25, -0.2) is 4.98 Å². The van der Waals surface area contributed by atoms with Crippen LogP contribution in [0.1, 0.15) is 22.6 Å². The molecule has 16 heavy (non-hydrogen) atoms. The van der Waals surface area contributed by atoms with Crippen LogP contribution in [0.25, 0.3) is 0 Å². The third-order valence-corrected chi connectivity index (χ3v) is 2.69. The van der Waals surface area contributed by atoms with Gasteiger partial charge in [0.1, 0.15) is 6.04 Å². The number of rotatable bonds is 6. The number of carbonyl (C=O) groups excluding carboxylic acids is 1. The molecule has 0 radical (unpaired) electrons. The van der Waals surface area contributed by atoms with E-state index in [9.17, 15) is 9.59 Å². The minimum Gasteiger partial charge on any atom is -0.480 e. The van der Waals surface area contributed by atoms with E-state index in [1.54, 1.807) is 11.6 Å². The average Bonchev–Trinajstić information content (AvgIpc) is 2.76. The lowest BCUT2D eigenvalue weighted by molar-refractivity contribution is -0.138. The number of nitrogens with one attached hydrogen (secondary N) is 1. The van der Waals surface area contributed by atoms with Crippen LogP contribution in [0.15, 0.2) is 11.6 Å². The average molecular weight is 243 g/mol. The molecule has 88 valence electrons. The first-order valence-corrected chi connectivity index (χ1v) is 5.65. The summed E-state index contributed by atoms with van der Waals surface area (Å²) in [5.41, 5.74) is 5.31. The smallest absolute Gasteiger partial charge is 0.320 e. The maximum atomic E-state index is 11.4. The summed E-state index contributed by atoms with van der Waals surface area (Å²) in [6.07, 6.45) is 2.43. The maximum Gasteiger partial charge on any atom is 0.320 e. The Morgan fingerprint density at radius 1 is 1.62 bits per heavy atom. The molecule has 0 fully saturated rings. The second-order valence-electron chi connectivity index (χ2n) is 3.18. The Morgan fingerprint density at radius 3 is 2.94 bits per heavy atom. The molecule has 1 aromatic heterocycles. The molecule has 0 aromatic carbocycles. The maximum absolute atomic E-state index is 11.4. The lowest BCUT2D eigenvalue weighted by Gasteiger charge is -2.06. The molecule has 1 amide bonds. The summed E-state index contributed by atoms with van der Waals surface area (Å²) in [5, 5.41) is 13.3. The van der Waals surface area contributed by atoms with E-state index in [1.165, 1.54) is 11.3 Å². The van der Waals surface area contributed by atoms with Gasteiger partial charge >= 0.3 is 5.97 Å². The molecular weight excluding hydrogens is 230 g/mol. The summed E-state index contributed by atoms with van der Waals surface area (Å²) >= 11 is 1.26. The largest absolute Gasteiger partial charge is 0.480 e. The number of hydrogen-bond donors (Lipinski definition) is 3. The van der Waals surface area contributed by atoms with Crippen molar-refractivity contribution in [2.45, 2.75) is 18.9 Å². The Balaban J connectivity index is 2.17. The lowest BCUT2D eigenvalue weighted by atomic mass is 10.2. The molecule has 0 saturated carbocycles. The van der Waals surface area contributed by atoms with Crippen LogP contribution in [-0.2, 0) is 4.79 Å². The minimum atomic E-state index is -1.02. The molecule has 4 N–H and O–H groups in total. The molecule has 1 aromatic rings. The number of carboxylic acid groups (broad SMARTS) is 1. The molecule has 6 nitrogen and oxygen atoms in total. The minimum absolute atomic E-state index is 0.237. The molecular formula is C9H13N3O3S. The van der Waals surface area contributed by atoms with Crippen LogP contribution in [0.5, 0.6) is 0 Å². The van der Waals surface area contributed by atoms with Crippen LogP contribution in [0.4, 0.5) is 0 Å². The van der Waals surface area contributed by atoms with Gasteiger partial charge in [-0.3, -0.25) is 9.59 Å². The highest BCUT2D eigenvalue weighted by molar-refractivity contribution is 7.11. The van der Waals surface area contributed by atoms with E-state index >= 15 is 0 Å². The molecule has 0 aliphatic rings. The first kappa shape index (κ1) is 12.6. The Kier molecular flexibility index (Phi) is 4.87. The predicted octanol–water partition coefficient (Wildman–Crippen LogP) is 0.0650. The van der Waals surface area contributed by atoms with Crippen molar-refractivity contribution >= 4 is 23.2 Å². The zero-order valence-electron chi connectivity index (χ0n) is 8.55. The number of carbonyl (C=O) groups is 2. The van der Waals surface area contributed by atoms with E-state index in [1.807, 2.05) is 0 Å². The highest BCUT2D eigenvalue weighted by atomic mass is 32.1. The molecule has 0 aliphatic carbocycles. The van der Waals surface area contributed by atoms with Gasteiger partial charge in [-0.15, -0.1) is 11.3 Å². The third kappa shape index (κ3) is 3.95. The van der Waals surface area contributed by atoms with Crippen LogP contribution in [0, 0.1) is 0 Å². The highest BCUT2D eigenvalue weighted by Gasteiger charge is 2.11. The van der Waals surface area contributed by atoms with Crippen LogP contribution in [0.3, 0.4) is 0 Å². The van der Waals surface area contributed by atoms with Crippen molar-refractivity contribution in [2.75, 3.05) is 6.54 Å². The summed E-state index contributed by atoms with van der Waals surface area (Å²) in [5.74, 6) is -1.26. The van der Waals surface area contributed by atoms with Gasteiger partial charge in [0, 0.05) is 18.1 Å². The Labute approximate surface area is 96.5 Å². The van der Waals surface area contributed by atoms with Crippen molar-refractivity contribution in [3.8, 4) is 0 Å². The van der Waals surface area contributed by atoms with Gasteiger partial charge in [0.15, 0.2) is 5.01 Å². The van der Waals surface area contributed by atoms with Gasteiger partial charge in [-0.1, -0.05) is 0 Å². The molecule has 0 saturated heterocycles. The Hall–Kier alpha value is -1.47. The topological polar surface area (TPSA) is 105 Å². The first-order valence-electron chi connectivity index (χ1n) is 4.77. The van der Waals surface area contributed by atoms with Crippen LogP contribution in [0.2, 0.25) is 0 Å². The molecule has 7 heteroatoms.